The lowest BCUT2D eigenvalue weighted by molar-refractivity contribution is -0.113. The van der Waals surface area contributed by atoms with Crippen LogP contribution < -0.4 is 5.32 Å². The van der Waals surface area contributed by atoms with Crippen LogP contribution in [-0.2, 0) is 16.1 Å². The summed E-state index contributed by atoms with van der Waals surface area (Å²) in [7, 11) is 0. The Morgan fingerprint density at radius 3 is 3.17 bits per heavy atom. The van der Waals surface area contributed by atoms with Crippen molar-refractivity contribution in [3.63, 3.8) is 0 Å². The summed E-state index contributed by atoms with van der Waals surface area (Å²) in [4.78, 5) is 12.1. The molecule has 1 saturated heterocycles. The highest BCUT2D eigenvalue weighted by molar-refractivity contribution is 9.10. The van der Waals surface area contributed by atoms with Crippen molar-refractivity contribution >= 4 is 50.9 Å². The Bertz CT molecular complexity index is 723. The van der Waals surface area contributed by atoms with Crippen LogP contribution in [0.4, 0.5) is 5.69 Å². The molecule has 1 unspecified atom stereocenters. The molecule has 1 aromatic heterocycles. The standard InChI is InChI=1S/C14H15BrClN5O2S/c15-9-3-4-12(11(16)6-9)17-13(22)8-24-14-18-19-20-21(14)7-10-2-1-5-23-10/h3-4,6,10H,1-2,5,7-8H2,(H,17,22). The molecule has 24 heavy (non-hydrogen) atoms. The Hall–Kier alpha value is -1.16. The van der Waals surface area contributed by atoms with Crippen molar-refractivity contribution in [2.24, 2.45) is 0 Å². The van der Waals surface area contributed by atoms with Gasteiger partial charge in [-0.2, -0.15) is 0 Å². The quantitative estimate of drug-likeness (QED) is 0.707. The van der Waals surface area contributed by atoms with E-state index in [1.807, 2.05) is 6.07 Å². The summed E-state index contributed by atoms with van der Waals surface area (Å²) in [6.07, 6.45) is 2.21. The van der Waals surface area contributed by atoms with Crippen LogP contribution in [0.1, 0.15) is 12.8 Å². The molecule has 3 rings (SSSR count). The molecule has 0 aliphatic carbocycles. The summed E-state index contributed by atoms with van der Waals surface area (Å²) < 4.78 is 8.12. The highest BCUT2D eigenvalue weighted by atomic mass is 79.9. The Morgan fingerprint density at radius 1 is 1.54 bits per heavy atom. The summed E-state index contributed by atoms with van der Waals surface area (Å²) in [5.41, 5.74) is 0.574. The molecule has 1 fully saturated rings. The first-order chi connectivity index (χ1) is 11.6. The van der Waals surface area contributed by atoms with Gasteiger partial charge in [-0.1, -0.05) is 39.3 Å². The van der Waals surface area contributed by atoms with E-state index in [0.717, 1.165) is 23.9 Å². The van der Waals surface area contributed by atoms with Crippen LogP contribution in [0.15, 0.2) is 27.8 Å². The number of benzene rings is 1. The number of nitrogens with zero attached hydrogens (tertiary/aromatic N) is 4. The molecule has 1 aromatic carbocycles. The van der Waals surface area contributed by atoms with Crippen molar-refractivity contribution in [2.75, 3.05) is 17.7 Å². The van der Waals surface area contributed by atoms with Crippen molar-refractivity contribution < 1.29 is 9.53 Å². The lowest BCUT2D eigenvalue weighted by Gasteiger charge is -2.10. The average molecular weight is 433 g/mol. The maximum Gasteiger partial charge on any atom is 0.234 e. The van der Waals surface area contributed by atoms with E-state index in [1.54, 1.807) is 16.8 Å². The lowest BCUT2D eigenvalue weighted by atomic mass is 10.2. The molecular formula is C14H15BrClN5O2S. The van der Waals surface area contributed by atoms with E-state index in [-0.39, 0.29) is 17.8 Å². The van der Waals surface area contributed by atoms with Gasteiger partial charge >= 0.3 is 0 Å². The zero-order valence-corrected chi connectivity index (χ0v) is 15.8. The monoisotopic (exact) mass is 431 g/mol. The number of carbonyl (C=O) groups excluding carboxylic acids is 1. The fourth-order valence-electron chi connectivity index (χ4n) is 2.30. The van der Waals surface area contributed by atoms with Crippen molar-refractivity contribution in [3.05, 3.63) is 27.7 Å². The second-order valence-corrected chi connectivity index (χ2v) is 7.50. The smallest absolute Gasteiger partial charge is 0.234 e. The number of carbonyl (C=O) groups is 1. The van der Waals surface area contributed by atoms with Crippen molar-refractivity contribution in [1.29, 1.82) is 0 Å². The van der Waals surface area contributed by atoms with Gasteiger partial charge in [-0.05, 0) is 41.5 Å². The number of hydrogen-bond acceptors (Lipinski definition) is 6. The Kier molecular flexibility index (Phi) is 6.09. The predicted molar refractivity (Wildman–Crippen MR) is 95.3 cm³/mol. The van der Waals surface area contributed by atoms with Crippen molar-refractivity contribution in [2.45, 2.75) is 30.6 Å². The van der Waals surface area contributed by atoms with E-state index in [4.69, 9.17) is 16.3 Å². The molecule has 1 N–H and O–H groups in total. The minimum atomic E-state index is -0.170. The number of halogens is 2. The van der Waals surface area contributed by atoms with Crippen LogP contribution in [0.3, 0.4) is 0 Å². The molecule has 0 radical (unpaired) electrons. The van der Waals surface area contributed by atoms with Gasteiger partial charge in [0, 0.05) is 11.1 Å². The van der Waals surface area contributed by atoms with Gasteiger partial charge in [-0.3, -0.25) is 4.79 Å². The number of hydrogen-bond donors (Lipinski definition) is 1. The van der Waals surface area contributed by atoms with E-state index in [0.29, 0.717) is 22.4 Å². The summed E-state index contributed by atoms with van der Waals surface area (Å²) in [5, 5.41) is 15.5. The number of aromatic nitrogens is 4. The van der Waals surface area contributed by atoms with Gasteiger partial charge in [-0.15, -0.1) is 5.10 Å². The van der Waals surface area contributed by atoms with Crippen LogP contribution in [-0.4, -0.2) is 44.6 Å². The van der Waals surface area contributed by atoms with Gasteiger partial charge in [0.2, 0.25) is 11.1 Å². The van der Waals surface area contributed by atoms with Gasteiger partial charge in [0.15, 0.2) is 0 Å². The zero-order valence-electron chi connectivity index (χ0n) is 12.6. The molecule has 1 atom stereocenters. The van der Waals surface area contributed by atoms with Gasteiger partial charge < -0.3 is 10.1 Å². The maximum absolute atomic E-state index is 12.1. The fraction of sp³-hybridized carbons (Fsp3) is 0.429. The molecule has 1 aliphatic heterocycles. The number of rotatable bonds is 6. The normalized spacial score (nSPS) is 17.2. The molecule has 2 heterocycles. The third kappa shape index (κ3) is 4.69. The second-order valence-electron chi connectivity index (χ2n) is 5.24. The van der Waals surface area contributed by atoms with Crippen LogP contribution >= 0.6 is 39.3 Å². The minimum absolute atomic E-state index is 0.142. The first kappa shape index (κ1) is 17.7. The maximum atomic E-state index is 12.1. The molecular weight excluding hydrogens is 418 g/mol. The Labute approximate surface area is 156 Å². The number of thioether (sulfide) groups is 1. The molecule has 128 valence electrons. The summed E-state index contributed by atoms with van der Waals surface area (Å²) in [6.45, 7) is 1.39. The first-order valence-electron chi connectivity index (χ1n) is 7.37. The van der Waals surface area contributed by atoms with E-state index in [9.17, 15) is 4.79 Å². The number of tetrazole rings is 1. The fourth-order valence-corrected chi connectivity index (χ4v) is 3.71. The van der Waals surface area contributed by atoms with Crippen molar-refractivity contribution in [1.82, 2.24) is 20.2 Å². The first-order valence-corrected chi connectivity index (χ1v) is 9.53. The molecule has 1 amide bonds. The second kappa shape index (κ2) is 8.28. The summed E-state index contributed by atoms with van der Waals surface area (Å²) >= 11 is 10.7. The van der Waals surface area contributed by atoms with E-state index < -0.39 is 0 Å². The van der Waals surface area contributed by atoms with Crippen LogP contribution in [0, 0.1) is 0 Å². The van der Waals surface area contributed by atoms with Gasteiger partial charge in [0.25, 0.3) is 0 Å². The number of ether oxygens (including phenoxy) is 1. The van der Waals surface area contributed by atoms with E-state index in [2.05, 4.69) is 36.8 Å². The molecule has 7 nitrogen and oxygen atoms in total. The highest BCUT2D eigenvalue weighted by Crippen LogP contribution is 2.26. The average Bonchev–Trinajstić information content (AvgIpc) is 3.20. The minimum Gasteiger partial charge on any atom is -0.376 e. The van der Waals surface area contributed by atoms with E-state index in [1.165, 1.54) is 11.8 Å². The van der Waals surface area contributed by atoms with Gasteiger partial charge in [-0.25, -0.2) is 4.68 Å². The SMILES string of the molecule is O=C(CSc1nnnn1CC1CCCO1)Nc1ccc(Br)cc1Cl. The largest absolute Gasteiger partial charge is 0.376 e. The zero-order chi connectivity index (χ0) is 16.9. The van der Waals surface area contributed by atoms with Crippen molar-refractivity contribution in [3.8, 4) is 0 Å². The molecule has 10 heteroatoms. The summed E-state index contributed by atoms with van der Waals surface area (Å²) in [6, 6.07) is 5.29. The predicted octanol–water partition coefficient (Wildman–Crippen LogP) is 3.00. The lowest BCUT2D eigenvalue weighted by Crippen LogP contribution is -2.18. The Balaban J connectivity index is 1.53. The van der Waals surface area contributed by atoms with E-state index >= 15 is 0 Å². The third-order valence-electron chi connectivity index (χ3n) is 3.44. The molecule has 0 spiro atoms. The number of anilines is 1. The molecule has 0 bridgehead atoms. The van der Waals surface area contributed by atoms with Crippen LogP contribution in [0.25, 0.3) is 0 Å². The molecule has 1 aliphatic rings. The highest BCUT2D eigenvalue weighted by Gasteiger charge is 2.19. The number of nitrogens with one attached hydrogen (secondary N) is 1. The Morgan fingerprint density at radius 2 is 2.42 bits per heavy atom. The van der Waals surface area contributed by atoms with Gasteiger partial charge in [0.1, 0.15) is 0 Å². The van der Waals surface area contributed by atoms with Crippen LogP contribution in [0.5, 0.6) is 0 Å². The van der Waals surface area contributed by atoms with Crippen LogP contribution in [0.2, 0.25) is 5.02 Å². The molecule has 0 saturated carbocycles. The van der Waals surface area contributed by atoms with Gasteiger partial charge in [0.05, 0.1) is 29.1 Å². The summed E-state index contributed by atoms with van der Waals surface area (Å²) in [5.74, 6) is 0.0223. The number of amides is 1. The topological polar surface area (TPSA) is 81.9 Å². The third-order valence-corrected chi connectivity index (χ3v) is 5.20. The molecule has 2 aromatic rings.